The zero-order valence-corrected chi connectivity index (χ0v) is 10.2. The number of aromatic nitrogens is 2. The second-order valence-corrected chi connectivity index (χ2v) is 4.60. The maximum absolute atomic E-state index is 6.06. The van der Waals surface area contributed by atoms with Crippen LogP contribution in [-0.4, -0.2) is 23.0 Å². The smallest absolute Gasteiger partial charge is 0.195 e. The Morgan fingerprint density at radius 1 is 1.73 bits per heavy atom. The monoisotopic (exact) mass is 241 g/mol. The van der Waals surface area contributed by atoms with Crippen molar-refractivity contribution in [2.45, 2.75) is 6.92 Å². The van der Waals surface area contributed by atoms with E-state index in [4.69, 9.17) is 11.6 Å². The molecule has 2 rings (SSSR count). The number of hydrogen-bond donors (Lipinski definition) is 1. The number of thiazole rings is 1. The number of hydrogen-bond acceptors (Lipinski definition) is 3. The lowest BCUT2D eigenvalue weighted by Crippen LogP contribution is -2.08. The largest absolute Gasteiger partial charge is 0.316 e. The van der Waals surface area contributed by atoms with Gasteiger partial charge in [0.1, 0.15) is 0 Å². The lowest BCUT2D eigenvalue weighted by molar-refractivity contribution is 0.884. The van der Waals surface area contributed by atoms with Gasteiger partial charge in [-0.05, 0) is 20.0 Å². The Kier molecular flexibility index (Phi) is 3.09. The molecule has 0 aliphatic carbocycles. The van der Waals surface area contributed by atoms with Crippen LogP contribution >= 0.6 is 22.9 Å². The van der Waals surface area contributed by atoms with E-state index in [9.17, 15) is 0 Å². The third kappa shape index (κ3) is 2.07. The molecule has 2 heterocycles. The Labute approximate surface area is 97.4 Å². The molecular formula is C10H12ClN3S. The molecule has 0 amide bonds. The van der Waals surface area contributed by atoms with Gasteiger partial charge >= 0.3 is 0 Å². The van der Waals surface area contributed by atoms with Gasteiger partial charge in [-0.15, -0.1) is 11.3 Å². The molecule has 0 aliphatic rings. The van der Waals surface area contributed by atoms with Gasteiger partial charge < -0.3 is 5.32 Å². The second-order valence-electron chi connectivity index (χ2n) is 3.36. The summed E-state index contributed by atoms with van der Waals surface area (Å²) < 4.78 is 2.01. The van der Waals surface area contributed by atoms with Gasteiger partial charge in [-0.3, -0.25) is 4.40 Å². The van der Waals surface area contributed by atoms with Crippen LogP contribution in [-0.2, 0) is 0 Å². The van der Waals surface area contributed by atoms with E-state index in [0.717, 1.165) is 17.2 Å². The number of fused-ring (bicyclic) bond motifs is 1. The summed E-state index contributed by atoms with van der Waals surface area (Å²) in [6.07, 6.45) is 4.04. The zero-order chi connectivity index (χ0) is 10.8. The molecular weight excluding hydrogens is 230 g/mol. The maximum atomic E-state index is 6.06. The number of likely N-dealkylation sites (N-methyl/N-ethyl adjacent to an activating group) is 1. The highest BCUT2D eigenvalue weighted by atomic mass is 35.5. The number of rotatable bonds is 3. The molecule has 0 aromatic carbocycles. The van der Waals surface area contributed by atoms with E-state index in [0.29, 0.717) is 5.15 Å². The van der Waals surface area contributed by atoms with E-state index in [1.54, 1.807) is 11.3 Å². The van der Waals surface area contributed by atoms with Crippen LogP contribution in [0.25, 0.3) is 11.0 Å². The van der Waals surface area contributed by atoms with E-state index in [1.807, 2.05) is 23.0 Å². The van der Waals surface area contributed by atoms with Crippen molar-refractivity contribution >= 4 is 34.0 Å². The lowest BCUT2D eigenvalue weighted by Gasteiger charge is -1.99. The molecule has 80 valence electrons. The fourth-order valence-electron chi connectivity index (χ4n) is 1.47. The fraction of sp³-hybridized carbons (Fsp3) is 0.300. The second kappa shape index (κ2) is 4.35. The molecule has 0 saturated carbocycles. The van der Waals surface area contributed by atoms with Crippen LogP contribution in [0.2, 0.25) is 5.15 Å². The van der Waals surface area contributed by atoms with Crippen molar-refractivity contribution < 1.29 is 0 Å². The van der Waals surface area contributed by atoms with Crippen LogP contribution in [0, 0.1) is 0 Å². The van der Waals surface area contributed by atoms with E-state index >= 15 is 0 Å². The summed E-state index contributed by atoms with van der Waals surface area (Å²) in [5.41, 5.74) is 2.19. The molecule has 0 saturated heterocycles. The lowest BCUT2D eigenvalue weighted by atomic mass is 10.2. The highest BCUT2D eigenvalue weighted by molar-refractivity contribution is 7.15. The summed E-state index contributed by atoms with van der Waals surface area (Å²) in [5, 5.41) is 5.67. The van der Waals surface area contributed by atoms with Crippen molar-refractivity contribution in [2.75, 3.05) is 13.6 Å². The minimum Gasteiger partial charge on any atom is -0.316 e. The first-order chi connectivity index (χ1) is 7.22. The molecule has 0 bridgehead atoms. The molecule has 0 atom stereocenters. The van der Waals surface area contributed by atoms with E-state index in [1.165, 1.54) is 5.57 Å². The molecule has 0 aliphatic heterocycles. The Morgan fingerprint density at radius 3 is 3.27 bits per heavy atom. The van der Waals surface area contributed by atoms with Gasteiger partial charge in [-0.25, -0.2) is 4.98 Å². The van der Waals surface area contributed by atoms with Crippen molar-refractivity contribution in [3.8, 4) is 0 Å². The third-order valence-electron chi connectivity index (χ3n) is 2.09. The summed E-state index contributed by atoms with van der Waals surface area (Å²) in [4.78, 5) is 5.20. The molecule has 0 fully saturated rings. The summed E-state index contributed by atoms with van der Waals surface area (Å²) in [6.45, 7) is 2.92. The van der Waals surface area contributed by atoms with Gasteiger partial charge in [-0.2, -0.15) is 0 Å². The van der Waals surface area contributed by atoms with Crippen LogP contribution < -0.4 is 5.32 Å². The van der Waals surface area contributed by atoms with Crippen LogP contribution in [0.15, 0.2) is 17.2 Å². The quantitative estimate of drug-likeness (QED) is 0.895. The topological polar surface area (TPSA) is 29.3 Å². The molecule has 0 spiro atoms. The first-order valence-corrected chi connectivity index (χ1v) is 5.91. The Balaban J connectivity index is 2.45. The van der Waals surface area contributed by atoms with Crippen molar-refractivity contribution in [3.05, 3.63) is 28.0 Å². The molecule has 3 nitrogen and oxygen atoms in total. The van der Waals surface area contributed by atoms with E-state index < -0.39 is 0 Å². The van der Waals surface area contributed by atoms with E-state index in [2.05, 4.69) is 23.3 Å². The summed E-state index contributed by atoms with van der Waals surface area (Å²) in [6, 6.07) is 0. The first-order valence-electron chi connectivity index (χ1n) is 4.65. The van der Waals surface area contributed by atoms with E-state index in [-0.39, 0.29) is 0 Å². The van der Waals surface area contributed by atoms with Gasteiger partial charge in [0.25, 0.3) is 0 Å². The molecule has 2 aromatic heterocycles. The SMILES string of the molecule is CNCC(C)=Cc1c(Cl)nc2sccn12. The fourth-order valence-corrected chi connectivity index (χ4v) is 2.47. The Morgan fingerprint density at radius 2 is 2.53 bits per heavy atom. The van der Waals surface area contributed by atoms with Crippen molar-refractivity contribution in [1.29, 1.82) is 0 Å². The van der Waals surface area contributed by atoms with Gasteiger partial charge in [0, 0.05) is 18.1 Å². The summed E-state index contributed by atoms with van der Waals surface area (Å²) >= 11 is 7.65. The number of nitrogens with one attached hydrogen (secondary N) is 1. The molecule has 0 radical (unpaired) electrons. The normalized spacial score (nSPS) is 12.6. The van der Waals surface area contributed by atoms with Crippen LogP contribution in [0.4, 0.5) is 0 Å². The zero-order valence-electron chi connectivity index (χ0n) is 8.62. The first kappa shape index (κ1) is 10.7. The van der Waals surface area contributed by atoms with Crippen LogP contribution in [0.3, 0.4) is 0 Å². The van der Waals surface area contributed by atoms with Crippen molar-refractivity contribution in [1.82, 2.24) is 14.7 Å². The third-order valence-corrected chi connectivity index (χ3v) is 3.13. The van der Waals surface area contributed by atoms with Crippen LogP contribution in [0.5, 0.6) is 0 Å². The number of imidazole rings is 1. The molecule has 0 unspecified atom stereocenters. The molecule has 15 heavy (non-hydrogen) atoms. The molecule has 5 heteroatoms. The minimum atomic E-state index is 0.567. The Hall–Kier alpha value is -0.840. The predicted octanol–water partition coefficient (Wildman–Crippen LogP) is 2.67. The average molecular weight is 242 g/mol. The summed E-state index contributed by atoms with van der Waals surface area (Å²) in [5.74, 6) is 0. The molecule has 1 N–H and O–H groups in total. The maximum Gasteiger partial charge on any atom is 0.195 e. The van der Waals surface area contributed by atoms with Gasteiger partial charge in [0.15, 0.2) is 10.1 Å². The van der Waals surface area contributed by atoms with Crippen molar-refractivity contribution in [3.63, 3.8) is 0 Å². The number of halogens is 1. The van der Waals surface area contributed by atoms with Crippen molar-refractivity contribution in [2.24, 2.45) is 0 Å². The highest BCUT2D eigenvalue weighted by Crippen LogP contribution is 2.23. The predicted molar refractivity (Wildman–Crippen MR) is 65.7 cm³/mol. The van der Waals surface area contributed by atoms with Gasteiger partial charge in [0.05, 0.1) is 5.69 Å². The summed E-state index contributed by atoms with van der Waals surface area (Å²) in [7, 11) is 1.93. The van der Waals surface area contributed by atoms with Gasteiger partial charge in [0.2, 0.25) is 0 Å². The van der Waals surface area contributed by atoms with Gasteiger partial charge in [-0.1, -0.05) is 17.2 Å². The average Bonchev–Trinajstić information content (AvgIpc) is 2.71. The standard InChI is InChI=1S/C10H12ClN3S/c1-7(6-12-2)5-8-9(11)13-10-14(8)3-4-15-10/h3-5,12H,6H2,1-2H3. The molecule has 2 aromatic rings. The Bertz CT molecular complexity index is 498. The van der Waals surface area contributed by atoms with Crippen LogP contribution in [0.1, 0.15) is 12.6 Å². The minimum absolute atomic E-state index is 0.567. The highest BCUT2D eigenvalue weighted by Gasteiger charge is 2.08. The number of nitrogens with zero attached hydrogens (tertiary/aromatic N) is 2.